The van der Waals surface area contributed by atoms with Gasteiger partial charge in [0, 0.05) is 37.6 Å². The molecule has 8 heteroatoms. The maximum Gasteiger partial charge on any atom is 0.238 e. The van der Waals surface area contributed by atoms with E-state index in [9.17, 15) is 14.0 Å². The van der Waals surface area contributed by atoms with Crippen LogP contribution >= 0.6 is 0 Å². The average molecular weight is 486 g/mol. The number of nitrogens with zero attached hydrogens (tertiary/aromatic N) is 3. The highest BCUT2D eigenvalue weighted by Gasteiger charge is 2.35. The first-order valence-corrected chi connectivity index (χ1v) is 12.0. The van der Waals surface area contributed by atoms with Crippen LogP contribution in [-0.4, -0.2) is 67.1 Å². The zero-order valence-electron chi connectivity index (χ0n) is 20.1. The highest BCUT2D eigenvalue weighted by Crippen LogP contribution is 2.36. The fraction of sp³-hybridized carbons (Fsp3) is 0.250. The molecule has 0 aromatic heterocycles. The summed E-state index contributed by atoms with van der Waals surface area (Å²) in [6.45, 7) is 4.04. The number of benzene rings is 3. The van der Waals surface area contributed by atoms with Crippen molar-refractivity contribution in [1.29, 1.82) is 0 Å². The summed E-state index contributed by atoms with van der Waals surface area (Å²) in [6, 6.07) is 21.0. The van der Waals surface area contributed by atoms with E-state index >= 15 is 0 Å². The minimum atomic E-state index is -0.661. The fourth-order valence-electron chi connectivity index (χ4n) is 4.58. The summed E-state index contributed by atoms with van der Waals surface area (Å²) in [6.07, 6.45) is 0. The van der Waals surface area contributed by atoms with E-state index in [1.54, 1.807) is 18.2 Å². The van der Waals surface area contributed by atoms with Crippen molar-refractivity contribution in [2.75, 3.05) is 50.4 Å². The van der Waals surface area contributed by atoms with Crippen LogP contribution in [0.4, 0.5) is 21.5 Å². The lowest BCUT2D eigenvalue weighted by Crippen LogP contribution is -2.47. The molecule has 5 rings (SSSR count). The molecule has 0 aliphatic carbocycles. The van der Waals surface area contributed by atoms with Crippen molar-refractivity contribution in [3.63, 3.8) is 0 Å². The van der Waals surface area contributed by atoms with Gasteiger partial charge in [-0.15, -0.1) is 0 Å². The molecule has 2 aliphatic heterocycles. The minimum Gasteiger partial charge on any atom is -0.325 e. The van der Waals surface area contributed by atoms with Gasteiger partial charge in [0.05, 0.1) is 17.9 Å². The van der Waals surface area contributed by atoms with Gasteiger partial charge in [0.15, 0.2) is 0 Å². The number of halogens is 1. The molecule has 0 saturated carbocycles. The molecular weight excluding hydrogens is 457 g/mol. The van der Waals surface area contributed by atoms with Gasteiger partial charge in [-0.1, -0.05) is 36.4 Å². The van der Waals surface area contributed by atoms with Gasteiger partial charge in [0.1, 0.15) is 11.7 Å². The third kappa shape index (κ3) is 5.35. The average Bonchev–Trinajstić information content (AvgIpc) is 3.20. The summed E-state index contributed by atoms with van der Waals surface area (Å²) in [5, 5.41) is 5.73. The maximum absolute atomic E-state index is 13.7. The van der Waals surface area contributed by atoms with Crippen molar-refractivity contribution in [3.8, 4) is 0 Å². The van der Waals surface area contributed by atoms with Crippen molar-refractivity contribution in [3.05, 3.63) is 89.7 Å². The second kappa shape index (κ2) is 10.4. The first-order chi connectivity index (χ1) is 17.5. The monoisotopic (exact) mass is 485 g/mol. The van der Waals surface area contributed by atoms with Crippen LogP contribution in [0.25, 0.3) is 0 Å². The second-order valence-corrected chi connectivity index (χ2v) is 9.19. The van der Waals surface area contributed by atoms with Gasteiger partial charge < -0.3 is 15.5 Å². The lowest BCUT2D eigenvalue weighted by Gasteiger charge is -2.31. The molecule has 3 aromatic rings. The Kier molecular flexibility index (Phi) is 6.88. The van der Waals surface area contributed by atoms with Crippen LogP contribution < -0.4 is 10.6 Å². The zero-order chi connectivity index (χ0) is 25.1. The largest absolute Gasteiger partial charge is 0.325 e. The molecule has 2 heterocycles. The van der Waals surface area contributed by atoms with E-state index in [0.29, 0.717) is 34.9 Å². The Labute approximate surface area is 209 Å². The standard InChI is InChI=1S/C28H28FN5O2/c1-33-13-15-34(16-14-33)18-25(35)30-21-8-10-22(11-9-21)31-27(19-5-3-2-4-6-19)26-23-12-7-20(29)17-24(23)32-28(26)36/h2-12,17,26H,13-16,18H2,1H3,(H,30,35)(H,32,36). The van der Waals surface area contributed by atoms with E-state index in [4.69, 9.17) is 4.99 Å². The van der Waals surface area contributed by atoms with Crippen molar-refractivity contribution in [1.82, 2.24) is 9.80 Å². The molecule has 1 saturated heterocycles. The van der Waals surface area contributed by atoms with Crippen LogP contribution in [0.5, 0.6) is 0 Å². The fourth-order valence-corrected chi connectivity index (χ4v) is 4.58. The Morgan fingerprint density at radius 2 is 1.75 bits per heavy atom. The second-order valence-electron chi connectivity index (χ2n) is 9.19. The van der Waals surface area contributed by atoms with E-state index in [-0.39, 0.29) is 11.8 Å². The Morgan fingerprint density at radius 1 is 1.03 bits per heavy atom. The van der Waals surface area contributed by atoms with Gasteiger partial charge >= 0.3 is 0 Å². The quantitative estimate of drug-likeness (QED) is 0.520. The number of anilines is 2. The molecule has 1 atom stereocenters. The molecule has 2 aliphatic rings. The van der Waals surface area contributed by atoms with E-state index < -0.39 is 11.7 Å². The summed E-state index contributed by atoms with van der Waals surface area (Å²) >= 11 is 0. The molecular formula is C28H28FN5O2. The topological polar surface area (TPSA) is 77.0 Å². The lowest BCUT2D eigenvalue weighted by atomic mass is 9.90. The Bertz CT molecular complexity index is 1290. The number of nitrogens with one attached hydrogen (secondary N) is 2. The summed E-state index contributed by atoms with van der Waals surface area (Å²) in [7, 11) is 2.09. The molecule has 1 fully saturated rings. The van der Waals surface area contributed by atoms with E-state index in [0.717, 1.165) is 31.7 Å². The smallest absolute Gasteiger partial charge is 0.238 e. The number of carbonyl (C=O) groups excluding carboxylic acids is 2. The lowest BCUT2D eigenvalue weighted by molar-refractivity contribution is -0.118. The molecule has 2 amide bonds. The van der Waals surface area contributed by atoms with Gasteiger partial charge in [0.25, 0.3) is 0 Å². The Hall–Kier alpha value is -3.88. The van der Waals surface area contributed by atoms with E-state index in [1.165, 1.54) is 12.1 Å². The predicted molar refractivity (Wildman–Crippen MR) is 139 cm³/mol. The van der Waals surface area contributed by atoms with Crippen LogP contribution in [0.15, 0.2) is 77.8 Å². The van der Waals surface area contributed by atoms with Gasteiger partial charge in [0.2, 0.25) is 11.8 Å². The number of hydrogen-bond acceptors (Lipinski definition) is 5. The van der Waals surface area contributed by atoms with E-state index in [2.05, 4.69) is 27.5 Å². The normalized spacial score (nSPS) is 18.6. The molecule has 0 bridgehead atoms. The third-order valence-electron chi connectivity index (χ3n) is 6.55. The number of fused-ring (bicyclic) bond motifs is 1. The SMILES string of the molecule is CN1CCN(CC(=O)Nc2ccc(N=C(c3ccccc3)C3C(=O)Nc4cc(F)ccc43)cc2)CC1. The van der Waals surface area contributed by atoms with Crippen molar-refractivity contribution in [2.24, 2.45) is 4.99 Å². The van der Waals surface area contributed by atoms with Gasteiger partial charge in [-0.2, -0.15) is 0 Å². The third-order valence-corrected chi connectivity index (χ3v) is 6.55. The maximum atomic E-state index is 13.7. The first-order valence-electron chi connectivity index (χ1n) is 12.0. The zero-order valence-corrected chi connectivity index (χ0v) is 20.1. The number of rotatable bonds is 6. The number of carbonyl (C=O) groups is 2. The van der Waals surface area contributed by atoms with Gasteiger partial charge in [-0.25, -0.2) is 4.39 Å². The molecule has 7 nitrogen and oxygen atoms in total. The molecule has 1 unspecified atom stereocenters. The molecule has 2 N–H and O–H groups in total. The number of aliphatic imine (C=N–C) groups is 1. The minimum absolute atomic E-state index is 0.0488. The predicted octanol–water partition coefficient (Wildman–Crippen LogP) is 3.87. The highest BCUT2D eigenvalue weighted by atomic mass is 19.1. The number of hydrogen-bond donors (Lipinski definition) is 2. The van der Waals surface area contributed by atoms with Crippen molar-refractivity contribution < 1.29 is 14.0 Å². The molecule has 0 spiro atoms. The Balaban J connectivity index is 1.36. The van der Waals surface area contributed by atoms with Crippen molar-refractivity contribution >= 4 is 34.6 Å². The number of amides is 2. The summed E-state index contributed by atoms with van der Waals surface area (Å²) in [5.74, 6) is -1.36. The summed E-state index contributed by atoms with van der Waals surface area (Å²) in [4.78, 5) is 34.7. The van der Waals surface area contributed by atoms with Crippen LogP contribution in [-0.2, 0) is 9.59 Å². The summed E-state index contributed by atoms with van der Waals surface area (Å²) in [5.41, 5.74) is 3.87. The number of piperazine rings is 1. The van der Waals surface area contributed by atoms with Crippen LogP contribution in [0.3, 0.4) is 0 Å². The van der Waals surface area contributed by atoms with Gasteiger partial charge in [-0.05, 0) is 54.6 Å². The Morgan fingerprint density at radius 3 is 2.47 bits per heavy atom. The van der Waals surface area contributed by atoms with Crippen LogP contribution in [0.1, 0.15) is 17.0 Å². The first kappa shape index (κ1) is 23.8. The van der Waals surface area contributed by atoms with Crippen LogP contribution in [0, 0.1) is 5.82 Å². The molecule has 0 radical (unpaired) electrons. The van der Waals surface area contributed by atoms with Gasteiger partial charge in [-0.3, -0.25) is 19.5 Å². The van der Waals surface area contributed by atoms with Crippen LogP contribution in [0.2, 0.25) is 0 Å². The molecule has 36 heavy (non-hydrogen) atoms. The molecule has 184 valence electrons. The highest BCUT2D eigenvalue weighted by molar-refractivity contribution is 6.24. The molecule has 3 aromatic carbocycles. The van der Waals surface area contributed by atoms with E-state index in [1.807, 2.05) is 42.5 Å². The summed E-state index contributed by atoms with van der Waals surface area (Å²) < 4.78 is 13.7. The number of likely N-dealkylation sites (N-methyl/N-ethyl adjacent to an activating group) is 1. The van der Waals surface area contributed by atoms with Crippen molar-refractivity contribution in [2.45, 2.75) is 5.92 Å².